The van der Waals surface area contributed by atoms with Gasteiger partial charge in [-0.15, -0.1) is 0 Å². The van der Waals surface area contributed by atoms with E-state index in [1.54, 1.807) is 6.07 Å². The number of amides is 2. The molecule has 1 aromatic carbocycles. The van der Waals surface area contributed by atoms with Crippen molar-refractivity contribution in [2.24, 2.45) is 5.92 Å². The van der Waals surface area contributed by atoms with Crippen molar-refractivity contribution in [3.8, 4) is 0 Å². The lowest BCUT2D eigenvalue weighted by Gasteiger charge is -2.17. The molecule has 1 aromatic rings. The maximum atomic E-state index is 11.8. The molecular formula is C14H19BrN2O3. The Labute approximate surface area is 126 Å². The van der Waals surface area contributed by atoms with Gasteiger partial charge in [-0.3, -0.25) is 0 Å². The Bertz CT molecular complexity index is 503. The number of anilines is 1. The summed E-state index contributed by atoms with van der Waals surface area (Å²) in [7, 11) is 0. The van der Waals surface area contributed by atoms with Crippen LogP contribution >= 0.6 is 15.9 Å². The second-order valence-electron chi connectivity index (χ2n) is 5.10. The fraction of sp³-hybridized carbons (Fsp3) is 0.429. The highest BCUT2D eigenvalue weighted by atomic mass is 79.9. The molecule has 1 unspecified atom stereocenters. The Balaban J connectivity index is 2.68. The summed E-state index contributed by atoms with van der Waals surface area (Å²) < 4.78 is 0.753. The number of halogens is 1. The summed E-state index contributed by atoms with van der Waals surface area (Å²) in [6.45, 7) is 5.76. The SMILES string of the molecule is Cc1ccc(NC(=O)NC(CC(C)C)C(=O)O)c(Br)c1. The number of nitrogens with one attached hydrogen (secondary N) is 2. The van der Waals surface area contributed by atoms with E-state index in [0.29, 0.717) is 12.1 Å². The van der Waals surface area contributed by atoms with Crippen LogP contribution in [0.3, 0.4) is 0 Å². The molecule has 0 saturated carbocycles. The smallest absolute Gasteiger partial charge is 0.326 e. The molecule has 0 radical (unpaired) electrons. The number of benzene rings is 1. The molecule has 0 aliphatic carbocycles. The van der Waals surface area contributed by atoms with E-state index in [0.717, 1.165) is 10.0 Å². The van der Waals surface area contributed by atoms with Crippen molar-refractivity contribution < 1.29 is 14.7 Å². The van der Waals surface area contributed by atoms with Gasteiger partial charge in [0.15, 0.2) is 0 Å². The number of urea groups is 1. The molecule has 0 spiro atoms. The minimum atomic E-state index is -1.03. The van der Waals surface area contributed by atoms with E-state index in [-0.39, 0.29) is 5.92 Å². The van der Waals surface area contributed by atoms with Gasteiger partial charge in [0.1, 0.15) is 6.04 Å². The van der Waals surface area contributed by atoms with E-state index < -0.39 is 18.0 Å². The molecule has 0 aliphatic rings. The molecule has 0 fully saturated rings. The molecule has 0 heterocycles. The zero-order valence-electron chi connectivity index (χ0n) is 11.7. The van der Waals surface area contributed by atoms with Crippen molar-refractivity contribution in [2.45, 2.75) is 33.2 Å². The highest BCUT2D eigenvalue weighted by Crippen LogP contribution is 2.23. The predicted molar refractivity (Wildman–Crippen MR) is 81.9 cm³/mol. The Hall–Kier alpha value is -1.56. The van der Waals surface area contributed by atoms with Gasteiger partial charge < -0.3 is 15.7 Å². The molecule has 20 heavy (non-hydrogen) atoms. The summed E-state index contributed by atoms with van der Waals surface area (Å²) >= 11 is 3.35. The molecule has 6 heteroatoms. The van der Waals surface area contributed by atoms with E-state index >= 15 is 0 Å². The lowest BCUT2D eigenvalue weighted by Crippen LogP contribution is -2.43. The van der Waals surface area contributed by atoms with Crippen LogP contribution in [0.5, 0.6) is 0 Å². The van der Waals surface area contributed by atoms with E-state index in [4.69, 9.17) is 5.11 Å². The van der Waals surface area contributed by atoms with Crippen LogP contribution in [-0.2, 0) is 4.79 Å². The van der Waals surface area contributed by atoms with Crippen LogP contribution in [0, 0.1) is 12.8 Å². The normalized spacial score (nSPS) is 12.1. The first-order valence-corrected chi connectivity index (χ1v) is 7.15. The second-order valence-corrected chi connectivity index (χ2v) is 5.96. The Morgan fingerprint density at radius 1 is 1.35 bits per heavy atom. The molecule has 0 aliphatic heterocycles. The maximum Gasteiger partial charge on any atom is 0.326 e. The van der Waals surface area contributed by atoms with Crippen molar-refractivity contribution in [2.75, 3.05) is 5.32 Å². The van der Waals surface area contributed by atoms with E-state index in [1.807, 2.05) is 32.9 Å². The van der Waals surface area contributed by atoms with Crippen molar-refractivity contribution in [1.82, 2.24) is 5.32 Å². The van der Waals surface area contributed by atoms with Gasteiger partial charge in [0.25, 0.3) is 0 Å². The standard InChI is InChI=1S/C14H19BrN2O3/c1-8(2)6-12(13(18)19)17-14(20)16-11-5-4-9(3)7-10(11)15/h4-5,7-8,12H,6H2,1-3H3,(H,18,19)(H2,16,17,20). The van der Waals surface area contributed by atoms with Crippen LogP contribution in [-0.4, -0.2) is 23.1 Å². The number of carboxylic acid groups (broad SMARTS) is 1. The number of aliphatic carboxylic acids is 1. The molecule has 1 atom stereocenters. The Kier molecular flexibility index (Phi) is 6.01. The van der Waals surface area contributed by atoms with Crippen molar-refractivity contribution in [1.29, 1.82) is 0 Å². The molecule has 5 nitrogen and oxygen atoms in total. The topological polar surface area (TPSA) is 78.4 Å². The average Bonchev–Trinajstić information content (AvgIpc) is 2.31. The lowest BCUT2D eigenvalue weighted by molar-refractivity contribution is -0.139. The first-order chi connectivity index (χ1) is 9.29. The van der Waals surface area contributed by atoms with Gasteiger partial charge in [0.05, 0.1) is 5.69 Å². The number of hydrogen-bond donors (Lipinski definition) is 3. The van der Waals surface area contributed by atoms with Crippen LogP contribution < -0.4 is 10.6 Å². The number of carbonyl (C=O) groups is 2. The van der Waals surface area contributed by atoms with Gasteiger partial charge in [0, 0.05) is 4.47 Å². The zero-order valence-corrected chi connectivity index (χ0v) is 13.3. The quantitative estimate of drug-likeness (QED) is 0.767. The third-order valence-corrected chi connectivity index (χ3v) is 3.34. The van der Waals surface area contributed by atoms with Gasteiger partial charge in [-0.1, -0.05) is 19.9 Å². The van der Waals surface area contributed by atoms with E-state index in [9.17, 15) is 9.59 Å². The van der Waals surface area contributed by atoms with Crippen LogP contribution in [0.15, 0.2) is 22.7 Å². The van der Waals surface area contributed by atoms with Crippen molar-refractivity contribution in [3.05, 3.63) is 28.2 Å². The van der Waals surface area contributed by atoms with Crippen LogP contribution in [0.1, 0.15) is 25.8 Å². The average molecular weight is 343 g/mol. The summed E-state index contributed by atoms with van der Waals surface area (Å²) in [6.07, 6.45) is 0.387. The third kappa shape index (κ3) is 5.21. The molecule has 1 rings (SSSR count). The highest BCUT2D eigenvalue weighted by molar-refractivity contribution is 9.10. The molecule has 110 valence electrons. The predicted octanol–water partition coefficient (Wildman–Crippen LogP) is 3.38. The summed E-state index contributed by atoms with van der Waals surface area (Å²) in [6, 6.07) is 4.08. The van der Waals surface area contributed by atoms with E-state index in [2.05, 4.69) is 26.6 Å². The Morgan fingerprint density at radius 2 is 2.00 bits per heavy atom. The molecule has 3 N–H and O–H groups in total. The Morgan fingerprint density at radius 3 is 2.50 bits per heavy atom. The minimum absolute atomic E-state index is 0.183. The zero-order chi connectivity index (χ0) is 15.3. The number of rotatable bonds is 5. The molecule has 0 aromatic heterocycles. The molecule has 0 bridgehead atoms. The lowest BCUT2D eigenvalue weighted by atomic mass is 10.0. The van der Waals surface area contributed by atoms with Crippen LogP contribution in [0.25, 0.3) is 0 Å². The first kappa shape index (κ1) is 16.5. The van der Waals surface area contributed by atoms with Crippen molar-refractivity contribution >= 4 is 33.6 Å². The number of carboxylic acids is 1. The third-order valence-electron chi connectivity index (χ3n) is 2.68. The monoisotopic (exact) mass is 342 g/mol. The minimum Gasteiger partial charge on any atom is -0.480 e. The maximum absolute atomic E-state index is 11.8. The fourth-order valence-electron chi connectivity index (χ4n) is 1.73. The van der Waals surface area contributed by atoms with Gasteiger partial charge in [-0.2, -0.15) is 0 Å². The van der Waals surface area contributed by atoms with Crippen LogP contribution in [0.4, 0.5) is 10.5 Å². The number of carbonyl (C=O) groups excluding carboxylic acids is 1. The highest BCUT2D eigenvalue weighted by Gasteiger charge is 2.21. The van der Waals surface area contributed by atoms with E-state index in [1.165, 1.54) is 0 Å². The van der Waals surface area contributed by atoms with Gasteiger partial charge >= 0.3 is 12.0 Å². The number of aryl methyl sites for hydroxylation is 1. The number of hydrogen-bond acceptors (Lipinski definition) is 2. The second kappa shape index (κ2) is 7.28. The van der Waals surface area contributed by atoms with Gasteiger partial charge in [0.2, 0.25) is 0 Å². The summed E-state index contributed by atoms with van der Waals surface area (Å²) in [5.74, 6) is -0.848. The molecule has 2 amide bonds. The molecule has 0 saturated heterocycles. The fourth-order valence-corrected chi connectivity index (χ4v) is 2.32. The molecular weight excluding hydrogens is 324 g/mol. The summed E-state index contributed by atoms with van der Waals surface area (Å²) in [5, 5.41) is 14.2. The largest absolute Gasteiger partial charge is 0.480 e. The van der Waals surface area contributed by atoms with Crippen molar-refractivity contribution in [3.63, 3.8) is 0 Å². The van der Waals surface area contributed by atoms with Gasteiger partial charge in [-0.25, -0.2) is 9.59 Å². The summed E-state index contributed by atoms with van der Waals surface area (Å²) in [4.78, 5) is 22.9. The summed E-state index contributed by atoms with van der Waals surface area (Å²) in [5.41, 5.74) is 1.66. The van der Waals surface area contributed by atoms with Crippen LogP contribution in [0.2, 0.25) is 0 Å². The van der Waals surface area contributed by atoms with Gasteiger partial charge in [-0.05, 0) is 52.9 Å². The first-order valence-electron chi connectivity index (χ1n) is 6.36.